The number of nitrogens with one attached hydrogen (secondary N) is 1. The summed E-state index contributed by atoms with van der Waals surface area (Å²) in [6.07, 6.45) is 0. The van der Waals surface area contributed by atoms with Gasteiger partial charge in [0.2, 0.25) is 11.1 Å². The van der Waals surface area contributed by atoms with E-state index < -0.39 is 0 Å². The SMILES string of the molecule is COc1ccc(NC(=O)CSc2nnnn2-c2ccc(C(C)C)cc2)cc1. The highest BCUT2D eigenvalue weighted by Crippen LogP contribution is 2.21. The van der Waals surface area contributed by atoms with Crippen molar-refractivity contribution in [1.82, 2.24) is 20.2 Å². The van der Waals surface area contributed by atoms with E-state index in [2.05, 4.69) is 46.8 Å². The predicted molar refractivity (Wildman–Crippen MR) is 106 cm³/mol. The van der Waals surface area contributed by atoms with Crippen molar-refractivity contribution in [2.24, 2.45) is 0 Å². The molecule has 0 saturated carbocycles. The van der Waals surface area contributed by atoms with Gasteiger partial charge in [-0.1, -0.05) is 37.7 Å². The molecule has 0 spiro atoms. The highest BCUT2D eigenvalue weighted by atomic mass is 32.2. The molecule has 2 aromatic carbocycles. The fraction of sp³-hybridized carbons (Fsp3) is 0.263. The van der Waals surface area contributed by atoms with Crippen molar-refractivity contribution in [3.8, 4) is 11.4 Å². The second kappa shape index (κ2) is 8.68. The van der Waals surface area contributed by atoms with Crippen molar-refractivity contribution in [3.05, 3.63) is 54.1 Å². The van der Waals surface area contributed by atoms with Crippen LogP contribution in [0.5, 0.6) is 5.75 Å². The Bertz CT molecular complexity index is 891. The Labute approximate surface area is 162 Å². The highest BCUT2D eigenvalue weighted by molar-refractivity contribution is 7.99. The molecule has 1 heterocycles. The minimum Gasteiger partial charge on any atom is -0.497 e. The quantitative estimate of drug-likeness (QED) is 0.629. The van der Waals surface area contributed by atoms with Gasteiger partial charge in [-0.3, -0.25) is 4.79 Å². The number of hydrogen-bond acceptors (Lipinski definition) is 6. The zero-order valence-electron chi connectivity index (χ0n) is 15.4. The topological polar surface area (TPSA) is 81.9 Å². The largest absolute Gasteiger partial charge is 0.497 e. The van der Waals surface area contributed by atoms with Gasteiger partial charge < -0.3 is 10.1 Å². The zero-order valence-corrected chi connectivity index (χ0v) is 16.2. The van der Waals surface area contributed by atoms with Crippen LogP contribution in [-0.2, 0) is 4.79 Å². The van der Waals surface area contributed by atoms with Gasteiger partial charge in [0, 0.05) is 5.69 Å². The lowest BCUT2D eigenvalue weighted by Crippen LogP contribution is -2.14. The third-order valence-corrected chi connectivity index (χ3v) is 4.87. The molecule has 0 fully saturated rings. The Morgan fingerprint density at radius 1 is 1.15 bits per heavy atom. The molecule has 140 valence electrons. The van der Waals surface area contributed by atoms with Crippen LogP contribution in [0, 0.1) is 0 Å². The number of tetrazole rings is 1. The van der Waals surface area contributed by atoms with E-state index in [-0.39, 0.29) is 11.7 Å². The second-order valence-corrected chi connectivity index (χ2v) is 7.13. The maximum absolute atomic E-state index is 12.2. The van der Waals surface area contributed by atoms with E-state index in [1.165, 1.54) is 17.3 Å². The van der Waals surface area contributed by atoms with E-state index in [0.717, 1.165) is 11.4 Å². The van der Waals surface area contributed by atoms with Crippen LogP contribution in [0.3, 0.4) is 0 Å². The number of thioether (sulfide) groups is 1. The van der Waals surface area contributed by atoms with E-state index in [1.807, 2.05) is 12.1 Å². The van der Waals surface area contributed by atoms with E-state index >= 15 is 0 Å². The number of aromatic nitrogens is 4. The van der Waals surface area contributed by atoms with E-state index in [0.29, 0.717) is 16.8 Å². The van der Waals surface area contributed by atoms with Crippen LogP contribution < -0.4 is 10.1 Å². The van der Waals surface area contributed by atoms with Gasteiger partial charge in [0.25, 0.3) is 0 Å². The molecule has 8 heteroatoms. The summed E-state index contributed by atoms with van der Waals surface area (Å²) < 4.78 is 6.74. The number of anilines is 1. The first-order valence-corrected chi connectivity index (χ1v) is 9.51. The number of ether oxygens (including phenoxy) is 1. The summed E-state index contributed by atoms with van der Waals surface area (Å²) in [5.41, 5.74) is 2.83. The number of carbonyl (C=O) groups is 1. The summed E-state index contributed by atoms with van der Waals surface area (Å²) in [5.74, 6) is 1.28. The van der Waals surface area contributed by atoms with Crippen molar-refractivity contribution < 1.29 is 9.53 Å². The van der Waals surface area contributed by atoms with Gasteiger partial charge in [-0.25, -0.2) is 0 Å². The fourth-order valence-electron chi connectivity index (χ4n) is 2.43. The molecule has 7 nitrogen and oxygen atoms in total. The number of rotatable bonds is 7. The summed E-state index contributed by atoms with van der Waals surface area (Å²) >= 11 is 1.28. The smallest absolute Gasteiger partial charge is 0.234 e. The summed E-state index contributed by atoms with van der Waals surface area (Å²) in [5, 5.41) is 15.2. The van der Waals surface area contributed by atoms with Crippen molar-refractivity contribution >= 4 is 23.4 Å². The minimum absolute atomic E-state index is 0.130. The standard InChI is InChI=1S/C19H21N5O2S/c1-13(2)14-4-8-16(9-5-14)24-19(21-22-23-24)27-12-18(25)20-15-6-10-17(26-3)11-7-15/h4-11,13H,12H2,1-3H3,(H,20,25). The Balaban J connectivity index is 1.61. The van der Waals surface area contributed by atoms with Crippen molar-refractivity contribution in [2.45, 2.75) is 24.9 Å². The maximum atomic E-state index is 12.2. The Morgan fingerprint density at radius 2 is 1.85 bits per heavy atom. The fourth-order valence-corrected chi connectivity index (χ4v) is 3.12. The van der Waals surface area contributed by atoms with Crippen LogP contribution in [0.1, 0.15) is 25.3 Å². The number of amides is 1. The molecule has 1 aromatic heterocycles. The first-order chi connectivity index (χ1) is 13.1. The van der Waals surface area contributed by atoms with Gasteiger partial charge in [-0.05, 0) is 58.3 Å². The van der Waals surface area contributed by atoms with Crippen LogP contribution in [0.15, 0.2) is 53.7 Å². The predicted octanol–water partition coefficient (Wildman–Crippen LogP) is 3.53. The average Bonchev–Trinajstić information content (AvgIpc) is 3.15. The second-order valence-electron chi connectivity index (χ2n) is 6.18. The van der Waals surface area contributed by atoms with Gasteiger partial charge in [0.15, 0.2) is 0 Å². The third kappa shape index (κ3) is 4.85. The molecule has 0 saturated heterocycles. The number of benzene rings is 2. The van der Waals surface area contributed by atoms with E-state index in [4.69, 9.17) is 4.74 Å². The molecule has 0 aliphatic rings. The lowest BCUT2D eigenvalue weighted by atomic mass is 10.0. The summed E-state index contributed by atoms with van der Waals surface area (Å²) in [6.45, 7) is 4.30. The van der Waals surface area contributed by atoms with Crippen molar-refractivity contribution in [3.63, 3.8) is 0 Å². The van der Waals surface area contributed by atoms with Crippen molar-refractivity contribution in [1.29, 1.82) is 0 Å². The van der Waals surface area contributed by atoms with Crippen LogP contribution >= 0.6 is 11.8 Å². The summed E-state index contributed by atoms with van der Waals surface area (Å²) in [6, 6.07) is 15.3. The van der Waals surface area contributed by atoms with Gasteiger partial charge >= 0.3 is 0 Å². The zero-order chi connectivity index (χ0) is 19.2. The lowest BCUT2D eigenvalue weighted by Gasteiger charge is -2.08. The lowest BCUT2D eigenvalue weighted by molar-refractivity contribution is -0.113. The van der Waals surface area contributed by atoms with Gasteiger partial charge in [-0.15, -0.1) is 5.10 Å². The maximum Gasteiger partial charge on any atom is 0.234 e. The molecular formula is C19H21N5O2S. The van der Waals surface area contributed by atoms with Gasteiger partial charge in [0.1, 0.15) is 5.75 Å². The molecule has 3 aromatic rings. The Morgan fingerprint density at radius 3 is 2.48 bits per heavy atom. The van der Waals surface area contributed by atoms with Crippen molar-refractivity contribution in [2.75, 3.05) is 18.2 Å². The summed E-state index contributed by atoms with van der Waals surface area (Å²) in [4.78, 5) is 12.2. The number of carbonyl (C=O) groups excluding carboxylic acids is 1. The minimum atomic E-state index is -0.130. The van der Waals surface area contributed by atoms with E-state index in [9.17, 15) is 4.79 Å². The molecule has 1 amide bonds. The highest BCUT2D eigenvalue weighted by Gasteiger charge is 2.12. The van der Waals surface area contributed by atoms with Crippen LogP contribution in [0.4, 0.5) is 5.69 Å². The Kier molecular flexibility index (Phi) is 6.08. The molecule has 0 aliphatic carbocycles. The molecule has 0 atom stereocenters. The van der Waals surface area contributed by atoms with Crippen LogP contribution in [0.2, 0.25) is 0 Å². The normalized spacial score (nSPS) is 10.8. The summed E-state index contributed by atoms with van der Waals surface area (Å²) in [7, 11) is 1.60. The molecule has 3 rings (SSSR count). The third-order valence-electron chi connectivity index (χ3n) is 3.95. The van der Waals surface area contributed by atoms with Gasteiger partial charge in [-0.2, -0.15) is 4.68 Å². The molecule has 1 N–H and O–H groups in total. The first-order valence-electron chi connectivity index (χ1n) is 8.52. The molecule has 0 bridgehead atoms. The first kappa shape index (κ1) is 18.9. The van der Waals surface area contributed by atoms with E-state index in [1.54, 1.807) is 36.1 Å². The average molecular weight is 383 g/mol. The Hall–Kier alpha value is -2.87. The molecule has 27 heavy (non-hydrogen) atoms. The number of methoxy groups -OCH3 is 1. The molecular weight excluding hydrogens is 362 g/mol. The van der Waals surface area contributed by atoms with Crippen LogP contribution in [-0.4, -0.2) is 39.0 Å². The number of nitrogens with zero attached hydrogens (tertiary/aromatic N) is 4. The number of hydrogen-bond donors (Lipinski definition) is 1. The van der Waals surface area contributed by atoms with Gasteiger partial charge in [0.05, 0.1) is 18.6 Å². The molecule has 0 radical (unpaired) electrons. The molecule has 0 aliphatic heterocycles. The molecule has 0 unspecified atom stereocenters. The monoisotopic (exact) mass is 383 g/mol. The van der Waals surface area contributed by atoms with Crippen LogP contribution in [0.25, 0.3) is 5.69 Å².